The molecule has 1 aromatic carbocycles. The van der Waals surface area contributed by atoms with Crippen LogP contribution in [0.2, 0.25) is 5.02 Å². The van der Waals surface area contributed by atoms with Gasteiger partial charge in [-0.2, -0.15) is 0 Å². The summed E-state index contributed by atoms with van der Waals surface area (Å²) >= 11 is 5.88. The first kappa shape index (κ1) is 9.56. The van der Waals surface area contributed by atoms with E-state index < -0.39 is 0 Å². The molecule has 0 bridgehead atoms. The third-order valence-corrected chi connectivity index (χ3v) is 2.59. The quantitative estimate of drug-likeness (QED) is 0.821. The Bertz CT molecular complexity index is 449. The van der Waals surface area contributed by atoms with Crippen molar-refractivity contribution < 1.29 is 4.42 Å². The zero-order valence-electron chi connectivity index (χ0n) is 8.17. The molecular weight excluding hydrogens is 198 g/mol. The molecule has 0 radical (unpaired) electrons. The van der Waals surface area contributed by atoms with Crippen molar-refractivity contribution in [2.45, 2.75) is 13.0 Å². The molecule has 0 aliphatic heterocycles. The summed E-state index contributed by atoms with van der Waals surface area (Å²) in [6, 6.07) is 7.88. The normalized spacial score (nSPS) is 13.4. The van der Waals surface area contributed by atoms with Crippen molar-refractivity contribution in [2.24, 2.45) is 0 Å². The van der Waals surface area contributed by atoms with Crippen molar-refractivity contribution in [3.63, 3.8) is 0 Å². The van der Waals surface area contributed by atoms with Crippen molar-refractivity contribution in [2.75, 3.05) is 7.05 Å². The third kappa shape index (κ3) is 1.63. The molecule has 2 nitrogen and oxygen atoms in total. The van der Waals surface area contributed by atoms with Crippen molar-refractivity contribution in [3.8, 4) is 0 Å². The molecule has 0 aliphatic carbocycles. The Labute approximate surface area is 87.9 Å². The lowest BCUT2D eigenvalue weighted by Gasteiger charge is -2.04. The summed E-state index contributed by atoms with van der Waals surface area (Å²) in [5.41, 5.74) is 0.881. The highest BCUT2D eigenvalue weighted by molar-refractivity contribution is 6.31. The fourth-order valence-corrected chi connectivity index (χ4v) is 1.57. The fraction of sp³-hybridized carbons (Fsp3) is 0.273. The van der Waals surface area contributed by atoms with Gasteiger partial charge in [-0.3, -0.25) is 0 Å². The smallest absolute Gasteiger partial charge is 0.134 e. The minimum atomic E-state index is 0.223. The van der Waals surface area contributed by atoms with Crippen molar-refractivity contribution in [1.82, 2.24) is 5.32 Å². The van der Waals surface area contributed by atoms with Crippen LogP contribution in [0.15, 0.2) is 28.7 Å². The fourth-order valence-electron chi connectivity index (χ4n) is 1.39. The Morgan fingerprint density at radius 1 is 1.36 bits per heavy atom. The molecule has 0 aliphatic rings. The van der Waals surface area contributed by atoms with Gasteiger partial charge in [0.05, 0.1) is 6.04 Å². The van der Waals surface area contributed by atoms with Crippen molar-refractivity contribution >= 4 is 22.6 Å². The molecular formula is C11H12ClNO. The number of halogens is 1. The number of furan rings is 1. The van der Waals surface area contributed by atoms with E-state index in [2.05, 4.69) is 12.2 Å². The Hall–Kier alpha value is -0.990. The highest BCUT2D eigenvalue weighted by Crippen LogP contribution is 2.25. The molecule has 74 valence electrons. The summed E-state index contributed by atoms with van der Waals surface area (Å²) in [6.07, 6.45) is 0. The Morgan fingerprint density at radius 3 is 2.86 bits per heavy atom. The largest absolute Gasteiger partial charge is 0.459 e. The number of nitrogens with one attached hydrogen (secondary N) is 1. The van der Waals surface area contributed by atoms with Crippen LogP contribution < -0.4 is 5.32 Å². The molecule has 0 amide bonds. The summed E-state index contributed by atoms with van der Waals surface area (Å²) in [5.74, 6) is 0.935. The highest BCUT2D eigenvalue weighted by Gasteiger charge is 2.09. The lowest BCUT2D eigenvalue weighted by Crippen LogP contribution is -2.10. The summed E-state index contributed by atoms with van der Waals surface area (Å²) in [7, 11) is 1.91. The third-order valence-electron chi connectivity index (χ3n) is 2.36. The van der Waals surface area contributed by atoms with Gasteiger partial charge in [0.25, 0.3) is 0 Å². The molecule has 14 heavy (non-hydrogen) atoms. The van der Waals surface area contributed by atoms with Crippen LogP contribution in [0, 0.1) is 0 Å². The van der Waals surface area contributed by atoms with Gasteiger partial charge in [-0.15, -0.1) is 0 Å². The molecule has 2 aromatic rings. The van der Waals surface area contributed by atoms with Crippen LogP contribution in [0.3, 0.4) is 0 Å². The van der Waals surface area contributed by atoms with Crippen LogP contribution in [-0.4, -0.2) is 7.05 Å². The minimum Gasteiger partial charge on any atom is -0.459 e. The first-order valence-electron chi connectivity index (χ1n) is 4.57. The number of rotatable bonds is 2. The van der Waals surface area contributed by atoms with Gasteiger partial charge in [0.2, 0.25) is 0 Å². The van der Waals surface area contributed by atoms with Gasteiger partial charge in [-0.05, 0) is 38.2 Å². The second kappa shape index (κ2) is 3.64. The predicted molar refractivity (Wildman–Crippen MR) is 58.7 cm³/mol. The average molecular weight is 210 g/mol. The first-order valence-corrected chi connectivity index (χ1v) is 4.95. The Kier molecular flexibility index (Phi) is 2.48. The van der Waals surface area contributed by atoms with Gasteiger partial charge in [-0.25, -0.2) is 0 Å². The zero-order chi connectivity index (χ0) is 10.1. The van der Waals surface area contributed by atoms with Gasteiger partial charge < -0.3 is 9.73 Å². The first-order chi connectivity index (χ1) is 6.70. The predicted octanol–water partition coefficient (Wildman–Crippen LogP) is 3.37. The Balaban J connectivity index is 2.51. The molecule has 1 heterocycles. The van der Waals surface area contributed by atoms with Crippen LogP contribution in [0.1, 0.15) is 18.7 Å². The van der Waals surface area contributed by atoms with E-state index >= 15 is 0 Å². The molecule has 0 spiro atoms. The second-order valence-corrected chi connectivity index (χ2v) is 3.78. The summed E-state index contributed by atoms with van der Waals surface area (Å²) < 4.78 is 5.65. The summed E-state index contributed by atoms with van der Waals surface area (Å²) in [6.45, 7) is 2.05. The van der Waals surface area contributed by atoms with Crippen molar-refractivity contribution in [3.05, 3.63) is 35.0 Å². The molecule has 0 saturated heterocycles. The van der Waals surface area contributed by atoms with E-state index in [4.69, 9.17) is 16.0 Å². The van der Waals surface area contributed by atoms with Crippen LogP contribution in [0.4, 0.5) is 0 Å². The molecule has 2 rings (SSSR count). The van der Waals surface area contributed by atoms with Gasteiger partial charge in [-0.1, -0.05) is 11.6 Å². The van der Waals surface area contributed by atoms with E-state index in [0.29, 0.717) is 0 Å². The van der Waals surface area contributed by atoms with Gasteiger partial charge in [0.1, 0.15) is 11.3 Å². The number of fused-ring (bicyclic) bond motifs is 1. The maximum absolute atomic E-state index is 5.88. The maximum atomic E-state index is 5.88. The average Bonchev–Trinajstić information content (AvgIpc) is 2.59. The van der Waals surface area contributed by atoms with E-state index in [1.54, 1.807) is 0 Å². The summed E-state index contributed by atoms with van der Waals surface area (Å²) in [4.78, 5) is 0. The van der Waals surface area contributed by atoms with Gasteiger partial charge in [0, 0.05) is 10.4 Å². The van der Waals surface area contributed by atoms with E-state index in [-0.39, 0.29) is 6.04 Å². The Morgan fingerprint density at radius 2 is 2.14 bits per heavy atom. The van der Waals surface area contributed by atoms with E-state index in [9.17, 15) is 0 Å². The molecule has 0 fully saturated rings. The number of hydrogen-bond donors (Lipinski definition) is 1. The van der Waals surface area contributed by atoms with E-state index in [1.807, 2.05) is 31.3 Å². The van der Waals surface area contributed by atoms with E-state index in [0.717, 1.165) is 21.8 Å². The SMILES string of the molecule is CNC(C)c1cc2cc(Cl)ccc2o1. The molecule has 1 aromatic heterocycles. The van der Waals surface area contributed by atoms with Gasteiger partial charge in [0.15, 0.2) is 0 Å². The van der Waals surface area contributed by atoms with Gasteiger partial charge >= 0.3 is 0 Å². The lowest BCUT2D eigenvalue weighted by atomic mass is 10.2. The summed E-state index contributed by atoms with van der Waals surface area (Å²) in [5, 5.41) is 4.92. The van der Waals surface area contributed by atoms with Crippen LogP contribution >= 0.6 is 11.6 Å². The van der Waals surface area contributed by atoms with E-state index in [1.165, 1.54) is 0 Å². The zero-order valence-corrected chi connectivity index (χ0v) is 8.93. The number of benzene rings is 1. The van der Waals surface area contributed by atoms with Crippen LogP contribution in [0.25, 0.3) is 11.0 Å². The molecule has 1 unspecified atom stereocenters. The minimum absolute atomic E-state index is 0.223. The molecule has 1 atom stereocenters. The maximum Gasteiger partial charge on any atom is 0.134 e. The van der Waals surface area contributed by atoms with Crippen molar-refractivity contribution in [1.29, 1.82) is 0 Å². The second-order valence-electron chi connectivity index (χ2n) is 3.34. The molecule has 1 N–H and O–H groups in total. The topological polar surface area (TPSA) is 25.2 Å². The standard InChI is InChI=1S/C11H12ClNO/c1-7(13-2)11-6-8-5-9(12)3-4-10(8)14-11/h3-7,13H,1-2H3. The monoisotopic (exact) mass is 209 g/mol. The lowest BCUT2D eigenvalue weighted by molar-refractivity contribution is 0.475. The number of hydrogen-bond acceptors (Lipinski definition) is 2. The van der Waals surface area contributed by atoms with Crippen LogP contribution in [-0.2, 0) is 0 Å². The molecule has 0 saturated carbocycles. The molecule has 3 heteroatoms. The van der Waals surface area contributed by atoms with Crippen LogP contribution in [0.5, 0.6) is 0 Å². The highest BCUT2D eigenvalue weighted by atomic mass is 35.5.